The number of tetrazole rings is 1. The van der Waals surface area contributed by atoms with Gasteiger partial charge >= 0.3 is 0 Å². The van der Waals surface area contributed by atoms with Gasteiger partial charge in [-0.05, 0) is 11.6 Å². The average molecular weight is 270 g/mol. The van der Waals surface area contributed by atoms with Gasteiger partial charge < -0.3 is 4.52 Å². The van der Waals surface area contributed by atoms with E-state index in [-0.39, 0.29) is 0 Å². The van der Waals surface area contributed by atoms with Crippen LogP contribution in [0, 0.1) is 0 Å². The van der Waals surface area contributed by atoms with Crippen molar-refractivity contribution >= 4 is 0 Å². The molecule has 0 saturated heterocycles. The number of nitrogens with zero attached hydrogens (tertiary/aromatic N) is 6. The Kier molecular flexibility index (Phi) is 3.49. The van der Waals surface area contributed by atoms with Gasteiger partial charge in [-0.1, -0.05) is 42.4 Å². The van der Waals surface area contributed by atoms with Crippen molar-refractivity contribution in [3.8, 4) is 11.4 Å². The van der Waals surface area contributed by atoms with Crippen LogP contribution in [-0.2, 0) is 13.0 Å². The SMILES string of the molecule is CCCc1noc(Cn2nnc(-c3ccccc3)n2)n1. The molecule has 1 aromatic carbocycles. The lowest BCUT2D eigenvalue weighted by molar-refractivity contribution is 0.352. The highest BCUT2D eigenvalue weighted by Crippen LogP contribution is 2.12. The quantitative estimate of drug-likeness (QED) is 0.702. The average Bonchev–Trinajstić information content (AvgIpc) is 3.11. The molecule has 2 aromatic heterocycles. The first-order valence-corrected chi connectivity index (χ1v) is 6.50. The standard InChI is InChI=1S/C13H14N6O/c1-2-6-11-14-12(20-17-11)9-19-16-13(15-18-19)10-7-4-3-5-8-10/h3-5,7-8H,2,6,9H2,1H3. The number of hydrogen-bond donors (Lipinski definition) is 0. The Morgan fingerprint density at radius 2 is 2.05 bits per heavy atom. The van der Waals surface area contributed by atoms with E-state index in [0.29, 0.717) is 24.1 Å². The zero-order chi connectivity index (χ0) is 13.8. The maximum Gasteiger partial charge on any atom is 0.250 e. The molecule has 0 unspecified atom stereocenters. The third-order valence-electron chi connectivity index (χ3n) is 2.75. The molecule has 0 atom stereocenters. The van der Waals surface area contributed by atoms with E-state index >= 15 is 0 Å². The molecule has 3 aromatic rings. The number of benzene rings is 1. The highest BCUT2D eigenvalue weighted by Gasteiger charge is 2.10. The second-order valence-electron chi connectivity index (χ2n) is 4.36. The summed E-state index contributed by atoms with van der Waals surface area (Å²) in [5, 5.41) is 16.2. The molecule has 2 heterocycles. The van der Waals surface area contributed by atoms with Gasteiger partial charge in [-0.15, -0.1) is 10.2 Å². The summed E-state index contributed by atoms with van der Waals surface area (Å²) in [7, 11) is 0. The van der Waals surface area contributed by atoms with Crippen molar-refractivity contribution in [2.45, 2.75) is 26.3 Å². The van der Waals surface area contributed by atoms with Gasteiger partial charge in [0.2, 0.25) is 11.7 Å². The van der Waals surface area contributed by atoms with E-state index < -0.39 is 0 Å². The predicted octanol–water partition coefficient (Wildman–Crippen LogP) is 1.72. The molecule has 0 fully saturated rings. The molecular formula is C13H14N6O. The third-order valence-corrected chi connectivity index (χ3v) is 2.75. The Hall–Kier alpha value is -2.57. The minimum atomic E-state index is 0.330. The summed E-state index contributed by atoms with van der Waals surface area (Å²) < 4.78 is 5.15. The Balaban J connectivity index is 1.73. The molecule has 0 aliphatic rings. The van der Waals surface area contributed by atoms with E-state index in [1.165, 1.54) is 4.80 Å². The molecule has 102 valence electrons. The van der Waals surface area contributed by atoms with Crippen LogP contribution in [0.2, 0.25) is 0 Å². The summed E-state index contributed by atoms with van der Waals surface area (Å²) >= 11 is 0. The summed E-state index contributed by atoms with van der Waals surface area (Å²) in [5.41, 5.74) is 0.927. The summed E-state index contributed by atoms with van der Waals surface area (Å²) in [6, 6.07) is 9.69. The van der Waals surface area contributed by atoms with Gasteiger partial charge in [0.1, 0.15) is 6.54 Å². The van der Waals surface area contributed by atoms with Gasteiger partial charge in [0.15, 0.2) is 5.82 Å². The Labute approximate surface area is 115 Å². The van der Waals surface area contributed by atoms with Crippen molar-refractivity contribution in [3.63, 3.8) is 0 Å². The van der Waals surface area contributed by atoms with Gasteiger partial charge in [-0.25, -0.2) is 0 Å². The zero-order valence-electron chi connectivity index (χ0n) is 11.1. The Morgan fingerprint density at radius 1 is 1.20 bits per heavy atom. The van der Waals surface area contributed by atoms with Crippen molar-refractivity contribution in [1.29, 1.82) is 0 Å². The fourth-order valence-electron chi connectivity index (χ4n) is 1.81. The van der Waals surface area contributed by atoms with E-state index in [4.69, 9.17) is 4.52 Å². The summed E-state index contributed by atoms with van der Waals surface area (Å²) in [6.07, 6.45) is 1.79. The molecule has 0 aliphatic carbocycles. The lowest BCUT2D eigenvalue weighted by Gasteiger charge is -1.92. The van der Waals surface area contributed by atoms with Gasteiger partial charge in [0.25, 0.3) is 0 Å². The lowest BCUT2D eigenvalue weighted by Crippen LogP contribution is -2.04. The largest absolute Gasteiger partial charge is 0.337 e. The van der Waals surface area contributed by atoms with Gasteiger partial charge in [-0.3, -0.25) is 0 Å². The normalized spacial score (nSPS) is 10.8. The van der Waals surface area contributed by atoms with Crippen LogP contribution in [0.4, 0.5) is 0 Å². The summed E-state index contributed by atoms with van der Waals surface area (Å²) in [6.45, 7) is 2.40. The minimum Gasteiger partial charge on any atom is -0.337 e. The molecule has 0 spiro atoms. The zero-order valence-corrected chi connectivity index (χ0v) is 11.1. The first-order chi connectivity index (χ1) is 9.85. The van der Waals surface area contributed by atoms with Crippen molar-refractivity contribution in [2.24, 2.45) is 0 Å². The fourth-order valence-corrected chi connectivity index (χ4v) is 1.81. The minimum absolute atomic E-state index is 0.330. The molecule has 7 nitrogen and oxygen atoms in total. The fraction of sp³-hybridized carbons (Fsp3) is 0.308. The van der Waals surface area contributed by atoms with Gasteiger partial charge in [0.05, 0.1) is 0 Å². The van der Waals surface area contributed by atoms with Crippen LogP contribution in [0.1, 0.15) is 25.1 Å². The maximum atomic E-state index is 5.15. The van der Waals surface area contributed by atoms with Crippen LogP contribution in [-0.4, -0.2) is 30.3 Å². The molecule has 0 bridgehead atoms. The van der Waals surface area contributed by atoms with Crippen molar-refractivity contribution in [2.75, 3.05) is 0 Å². The Bertz CT molecular complexity index is 675. The van der Waals surface area contributed by atoms with Crippen molar-refractivity contribution in [3.05, 3.63) is 42.0 Å². The van der Waals surface area contributed by atoms with Crippen LogP contribution >= 0.6 is 0 Å². The Morgan fingerprint density at radius 3 is 2.85 bits per heavy atom. The van der Waals surface area contributed by atoms with Crippen LogP contribution in [0.5, 0.6) is 0 Å². The second kappa shape index (κ2) is 5.60. The summed E-state index contributed by atoms with van der Waals surface area (Å²) in [4.78, 5) is 5.72. The molecular weight excluding hydrogens is 256 g/mol. The van der Waals surface area contributed by atoms with Gasteiger partial charge in [-0.2, -0.15) is 9.78 Å². The number of rotatable bonds is 5. The lowest BCUT2D eigenvalue weighted by atomic mass is 10.2. The third kappa shape index (κ3) is 2.71. The number of aryl methyl sites for hydroxylation is 1. The van der Waals surface area contributed by atoms with Crippen LogP contribution in [0.3, 0.4) is 0 Å². The molecule has 0 amide bonds. The smallest absolute Gasteiger partial charge is 0.250 e. The van der Waals surface area contributed by atoms with Crippen molar-refractivity contribution in [1.82, 2.24) is 30.3 Å². The first kappa shape index (κ1) is 12.5. The number of aromatic nitrogens is 6. The molecule has 0 aliphatic heterocycles. The molecule has 0 radical (unpaired) electrons. The van der Waals surface area contributed by atoms with Crippen LogP contribution < -0.4 is 0 Å². The van der Waals surface area contributed by atoms with E-state index in [2.05, 4.69) is 32.5 Å². The first-order valence-electron chi connectivity index (χ1n) is 6.50. The van der Waals surface area contributed by atoms with E-state index in [0.717, 1.165) is 18.4 Å². The van der Waals surface area contributed by atoms with Gasteiger partial charge in [0, 0.05) is 12.0 Å². The molecule has 7 heteroatoms. The van der Waals surface area contributed by atoms with E-state index in [9.17, 15) is 0 Å². The molecule has 0 saturated carbocycles. The van der Waals surface area contributed by atoms with E-state index in [1.807, 2.05) is 30.3 Å². The number of hydrogen-bond acceptors (Lipinski definition) is 6. The molecule has 0 N–H and O–H groups in total. The second-order valence-corrected chi connectivity index (χ2v) is 4.36. The van der Waals surface area contributed by atoms with Crippen molar-refractivity contribution < 1.29 is 4.52 Å². The predicted molar refractivity (Wildman–Crippen MR) is 70.6 cm³/mol. The monoisotopic (exact) mass is 270 g/mol. The van der Waals surface area contributed by atoms with Crippen LogP contribution in [0.15, 0.2) is 34.9 Å². The summed E-state index contributed by atoms with van der Waals surface area (Å²) in [5.74, 6) is 1.79. The molecule has 20 heavy (non-hydrogen) atoms. The van der Waals surface area contributed by atoms with Crippen LogP contribution in [0.25, 0.3) is 11.4 Å². The highest BCUT2D eigenvalue weighted by atomic mass is 16.5. The maximum absolute atomic E-state index is 5.15. The highest BCUT2D eigenvalue weighted by molar-refractivity contribution is 5.52. The topological polar surface area (TPSA) is 82.5 Å². The molecule has 3 rings (SSSR count). The van der Waals surface area contributed by atoms with E-state index in [1.54, 1.807) is 0 Å².